The normalized spacial score (nSPS) is 12.8. The summed E-state index contributed by atoms with van der Waals surface area (Å²) in [7, 11) is -1.56. The maximum absolute atomic E-state index is 2.68. The molecule has 0 unspecified atom stereocenters. The summed E-state index contributed by atoms with van der Waals surface area (Å²) < 4.78 is 2.48. The summed E-state index contributed by atoms with van der Waals surface area (Å²) >= 11 is 0. The van der Waals surface area contributed by atoms with Crippen molar-refractivity contribution < 1.29 is 0 Å². The highest BCUT2D eigenvalue weighted by Crippen LogP contribution is 2.54. The van der Waals surface area contributed by atoms with Gasteiger partial charge in [-0.05, 0) is 103 Å². The van der Waals surface area contributed by atoms with Crippen LogP contribution in [0.5, 0.6) is 0 Å². The number of hydrogen-bond acceptors (Lipinski definition) is 2. The van der Waals surface area contributed by atoms with Crippen molar-refractivity contribution in [3.63, 3.8) is 0 Å². The van der Waals surface area contributed by atoms with Gasteiger partial charge in [-0.1, -0.05) is 282 Å². The Balaban J connectivity index is 1.11. The lowest BCUT2D eigenvalue weighted by molar-refractivity contribution is 0.590. The Morgan fingerprint density at radius 3 is 1.15 bits per heavy atom. The zero-order valence-electron chi connectivity index (χ0n) is 48.5. The molecular weight excluding hydrogens is 1030 g/mol. The predicted molar refractivity (Wildman–Crippen MR) is 364 cm³/mol. The standard InChI is InChI=1S/C79H64BN3Si/c1-79(2,3)59-50-74-76-75(51-59)83(78-64(56-29-15-9-16-30-56)37-24-38-65(78)57-31-17-10-18-32-57)73-52-60(81-70-39-21-19-33-66(70)67-34-20-22-40-71(67)81)44-48-69(73)80(76)68-47-43-58(53-41-45-61(46-42-53)84(4,5)6)49-72(68)82(74)77-62(54-25-11-7-12-26-54)35-23-36-63(77)55-27-13-8-14-28-55/h7-52H,1-6H3. The molecule has 13 aromatic rings. The molecule has 12 aromatic carbocycles. The highest BCUT2D eigenvalue weighted by molar-refractivity contribution is 7.00. The fourth-order valence-electron chi connectivity index (χ4n) is 13.5. The molecule has 0 aliphatic carbocycles. The van der Waals surface area contributed by atoms with Crippen LogP contribution in [0.25, 0.3) is 83.1 Å². The van der Waals surface area contributed by atoms with E-state index in [0.717, 1.165) is 45.0 Å². The van der Waals surface area contributed by atoms with Gasteiger partial charge in [-0.25, -0.2) is 0 Å². The van der Waals surface area contributed by atoms with E-state index in [2.05, 4.69) is 334 Å². The summed E-state index contributed by atoms with van der Waals surface area (Å²) in [5.74, 6) is 0. The Morgan fingerprint density at radius 2 is 0.726 bits per heavy atom. The second-order valence-electron chi connectivity index (χ2n) is 24.9. The van der Waals surface area contributed by atoms with Crippen molar-refractivity contribution in [1.29, 1.82) is 0 Å². The van der Waals surface area contributed by atoms with E-state index in [1.165, 1.54) is 99.4 Å². The third-order valence-electron chi connectivity index (χ3n) is 17.7. The molecule has 0 N–H and O–H groups in total. The molecule has 0 saturated heterocycles. The number of para-hydroxylation sites is 4. The third kappa shape index (κ3) is 8.48. The minimum atomic E-state index is -1.56. The van der Waals surface area contributed by atoms with Gasteiger partial charge in [0.15, 0.2) is 0 Å². The summed E-state index contributed by atoms with van der Waals surface area (Å²) in [4.78, 5) is 5.36. The molecule has 3 nitrogen and oxygen atoms in total. The monoisotopic (exact) mass is 1090 g/mol. The third-order valence-corrected chi connectivity index (χ3v) is 19.8. The maximum Gasteiger partial charge on any atom is 0.252 e. The first-order valence-corrected chi connectivity index (χ1v) is 33.1. The molecule has 0 radical (unpaired) electrons. The average molecular weight is 1090 g/mol. The van der Waals surface area contributed by atoms with Gasteiger partial charge >= 0.3 is 0 Å². The summed E-state index contributed by atoms with van der Waals surface area (Å²) in [6, 6.07) is 105. The minimum Gasteiger partial charge on any atom is -0.310 e. The molecule has 1 aromatic heterocycles. The lowest BCUT2D eigenvalue weighted by atomic mass is 9.33. The van der Waals surface area contributed by atoms with Gasteiger partial charge in [0.1, 0.15) is 0 Å². The fraction of sp³-hybridized carbons (Fsp3) is 0.0886. The van der Waals surface area contributed by atoms with E-state index in [4.69, 9.17) is 0 Å². The van der Waals surface area contributed by atoms with Crippen LogP contribution in [0.3, 0.4) is 0 Å². The Hall–Kier alpha value is -9.68. The van der Waals surface area contributed by atoms with Crippen LogP contribution in [0.2, 0.25) is 19.6 Å². The first kappa shape index (κ1) is 51.2. The van der Waals surface area contributed by atoms with E-state index in [-0.39, 0.29) is 12.1 Å². The lowest BCUT2D eigenvalue weighted by Gasteiger charge is -2.46. The minimum absolute atomic E-state index is 0.148. The van der Waals surface area contributed by atoms with Crippen LogP contribution in [0, 0.1) is 0 Å². The van der Waals surface area contributed by atoms with Gasteiger partial charge in [0, 0.05) is 61.5 Å². The Bertz CT molecular complexity index is 4500. The predicted octanol–water partition coefficient (Wildman–Crippen LogP) is 19.0. The zero-order chi connectivity index (χ0) is 56.8. The smallest absolute Gasteiger partial charge is 0.252 e. The van der Waals surface area contributed by atoms with E-state index in [0.29, 0.717) is 0 Å². The molecule has 5 heteroatoms. The van der Waals surface area contributed by atoms with Crippen molar-refractivity contribution in [3.05, 3.63) is 285 Å². The number of rotatable bonds is 9. The van der Waals surface area contributed by atoms with Gasteiger partial charge in [-0.3, -0.25) is 0 Å². The summed E-state index contributed by atoms with van der Waals surface area (Å²) in [5, 5.41) is 3.94. The second kappa shape index (κ2) is 20.0. The van der Waals surface area contributed by atoms with Crippen molar-refractivity contribution in [2.75, 3.05) is 9.80 Å². The van der Waals surface area contributed by atoms with Crippen LogP contribution in [-0.4, -0.2) is 19.4 Å². The first-order valence-electron chi connectivity index (χ1n) is 29.6. The van der Waals surface area contributed by atoms with Crippen LogP contribution in [0.1, 0.15) is 26.3 Å². The zero-order valence-corrected chi connectivity index (χ0v) is 49.5. The molecule has 2 aliphatic rings. The van der Waals surface area contributed by atoms with E-state index < -0.39 is 8.07 Å². The fourth-order valence-corrected chi connectivity index (χ4v) is 14.7. The Kier molecular flexibility index (Phi) is 12.2. The summed E-state index contributed by atoms with van der Waals surface area (Å²) in [6.07, 6.45) is 0. The maximum atomic E-state index is 2.68. The van der Waals surface area contributed by atoms with Crippen molar-refractivity contribution in [1.82, 2.24) is 4.57 Å². The van der Waals surface area contributed by atoms with Gasteiger partial charge in [-0.2, -0.15) is 0 Å². The average Bonchev–Trinajstić information content (AvgIpc) is 1.35. The molecule has 0 atom stereocenters. The van der Waals surface area contributed by atoms with Gasteiger partial charge in [0.25, 0.3) is 6.71 Å². The molecule has 2 aliphatic heterocycles. The lowest BCUT2D eigenvalue weighted by Crippen LogP contribution is -2.61. The number of benzene rings is 12. The van der Waals surface area contributed by atoms with Crippen LogP contribution in [0.15, 0.2) is 279 Å². The van der Waals surface area contributed by atoms with E-state index in [9.17, 15) is 0 Å². The molecule has 15 rings (SSSR count). The molecule has 0 saturated carbocycles. The van der Waals surface area contributed by atoms with E-state index in [1.807, 2.05) is 0 Å². The second-order valence-corrected chi connectivity index (χ2v) is 29.9. The van der Waals surface area contributed by atoms with Crippen LogP contribution in [-0.2, 0) is 5.41 Å². The molecular formula is C79H64BN3Si. The van der Waals surface area contributed by atoms with E-state index >= 15 is 0 Å². The summed E-state index contributed by atoms with van der Waals surface area (Å²) in [6.45, 7) is 14.3. The molecule has 402 valence electrons. The van der Waals surface area contributed by atoms with Crippen molar-refractivity contribution in [2.45, 2.75) is 45.8 Å². The van der Waals surface area contributed by atoms with Gasteiger partial charge in [-0.15, -0.1) is 0 Å². The van der Waals surface area contributed by atoms with Crippen LogP contribution in [0.4, 0.5) is 34.1 Å². The SMILES string of the molecule is CC(C)(C)c1cc2c3c(c1)N(c1c(-c4ccccc4)cccc1-c1ccccc1)c1cc(-n4c5ccccc5c5ccccc54)ccc1B3c1ccc(-c3ccc([Si](C)(C)C)cc3)cc1N2c1c(-c2ccccc2)cccc1-c1ccccc1. The topological polar surface area (TPSA) is 11.4 Å². The number of fused-ring (bicyclic) bond motifs is 7. The first-order chi connectivity index (χ1) is 41.0. The highest BCUT2D eigenvalue weighted by Gasteiger charge is 2.46. The quantitative estimate of drug-likeness (QED) is 0.133. The molecule has 0 fully saturated rings. The van der Waals surface area contributed by atoms with Crippen molar-refractivity contribution >= 4 is 92.3 Å². The number of anilines is 6. The Labute approximate surface area is 495 Å². The highest BCUT2D eigenvalue weighted by atomic mass is 28.3. The van der Waals surface area contributed by atoms with Crippen molar-refractivity contribution in [3.8, 4) is 61.3 Å². The Morgan fingerprint density at radius 1 is 0.333 bits per heavy atom. The van der Waals surface area contributed by atoms with Crippen LogP contribution >= 0.6 is 0 Å². The van der Waals surface area contributed by atoms with Gasteiger partial charge < -0.3 is 14.4 Å². The largest absolute Gasteiger partial charge is 0.310 e. The number of hydrogen-bond donors (Lipinski definition) is 0. The molecule has 0 spiro atoms. The number of nitrogens with zero attached hydrogens (tertiary/aromatic N) is 3. The number of aromatic nitrogens is 1. The van der Waals surface area contributed by atoms with E-state index in [1.54, 1.807) is 0 Å². The van der Waals surface area contributed by atoms with Gasteiger partial charge in [0.05, 0.1) is 30.5 Å². The summed E-state index contributed by atoms with van der Waals surface area (Å²) in [5.41, 5.74) is 27.0. The van der Waals surface area contributed by atoms with Crippen LogP contribution < -0.4 is 31.4 Å². The van der Waals surface area contributed by atoms with Gasteiger partial charge in [0.2, 0.25) is 0 Å². The molecule has 0 bridgehead atoms. The molecule has 0 amide bonds. The van der Waals surface area contributed by atoms with Crippen molar-refractivity contribution in [2.24, 2.45) is 0 Å². The molecule has 3 heterocycles. The molecule has 84 heavy (non-hydrogen) atoms.